The zero-order valence-corrected chi connectivity index (χ0v) is 13.2. The first-order valence-corrected chi connectivity index (χ1v) is 9.02. The molecular weight excluding hydrogens is 288 g/mol. The molecule has 1 fully saturated rings. The van der Waals surface area contributed by atoms with Gasteiger partial charge in [0.1, 0.15) is 0 Å². The Morgan fingerprint density at radius 2 is 1.90 bits per heavy atom. The quantitative estimate of drug-likeness (QED) is 0.879. The average molecular weight is 310 g/mol. The van der Waals surface area contributed by atoms with Gasteiger partial charge in [-0.15, -0.1) is 0 Å². The zero-order valence-electron chi connectivity index (χ0n) is 12.4. The lowest BCUT2D eigenvalue weighted by molar-refractivity contribution is -0.125. The Morgan fingerprint density at radius 1 is 1.29 bits per heavy atom. The first-order valence-electron chi connectivity index (χ1n) is 7.13. The van der Waals surface area contributed by atoms with Gasteiger partial charge in [-0.3, -0.25) is 4.79 Å². The normalized spacial score (nSPS) is 23.8. The predicted octanol–water partition coefficient (Wildman–Crippen LogP) is 1.39. The molecule has 1 aromatic carbocycles. The van der Waals surface area contributed by atoms with Crippen LogP contribution in [0.1, 0.15) is 37.8 Å². The molecule has 1 aromatic rings. The van der Waals surface area contributed by atoms with E-state index in [2.05, 4.69) is 5.32 Å². The smallest absolute Gasteiger partial charge is 0.223 e. The number of sulfone groups is 1. The largest absolute Gasteiger partial charge is 0.349 e. The van der Waals surface area contributed by atoms with Gasteiger partial charge in [-0.1, -0.05) is 12.1 Å². The van der Waals surface area contributed by atoms with Gasteiger partial charge in [0.05, 0.1) is 10.9 Å². The van der Waals surface area contributed by atoms with Crippen LogP contribution < -0.4 is 11.1 Å². The summed E-state index contributed by atoms with van der Waals surface area (Å²) in [7, 11) is -3.19. The van der Waals surface area contributed by atoms with Gasteiger partial charge in [-0.05, 0) is 43.9 Å². The molecule has 0 aromatic heterocycles. The average Bonchev–Trinajstić information content (AvgIpc) is 2.84. The third-order valence-corrected chi connectivity index (χ3v) is 5.14. The number of carbonyl (C=O) groups is 1. The van der Waals surface area contributed by atoms with Gasteiger partial charge < -0.3 is 11.1 Å². The van der Waals surface area contributed by atoms with Crippen LogP contribution in [0.2, 0.25) is 0 Å². The van der Waals surface area contributed by atoms with Crippen LogP contribution in [0.4, 0.5) is 0 Å². The van der Waals surface area contributed by atoms with Gasteiger partial charge in [0.15, 0.2) is 9.84 Å². The van der Waals surface area contributed by atoms with Crippen LogP contribution in [0.3, 0.4) is 0 Å². The first kappa shape index (κ1) is 16.0. The lowest BCUT2D eigenvalue weighted by Gasteiger charge is -2.17. The minimum atomic E-state index is -3.19. The summed E-state index contributed by atoms with van der Waals surface area (Å²) in [5, 5.41) is 2.97. The van der Waals surface area contributed by atoms with E-state index in [1.807, 2.05) is 6.92 Å². The van der Waals surface area contributed by atoms with Crippen LogP contribution in [0.15, 0.2) is 29.2 Å². The Morgan fingerprint density at radius 3 is 2.38 bits per heavy atom. The molecule has 2 rings (SSSR count). The minimum absolute atomic E-state index is 0.00209. The third kappa shape index (κ3) is 4.04. The molecule has 0 aliphatic heterocycles. The maximum atomic E-state index is 12.1. The predicted molar refractivity (Wildman–Crippen MR) is 81.4 cm³/mol. The number of benzene rings is 1. The van der Waals surface area contributed by atoms with Crippen molar-refractivity contribution in [2.75, 3.05) is 6.26 Å². The van der Waals surface area contributed by atoms with E-state index >= 15 is 0 Å². The van der Waals surface area contributed by atoms with Crippen molar-refractivity contribution in [1.82, 2.24) is 5.32 Å². The van der Waals surface area contributed by atoms with E-state index in [0.29, 0.717) is 0 Å². The van der Waals surface area contributed by atoms with E-state index in [1.54, 1.807) is 24.3 Å². The fourth-order valence-electron chi connectivity index (χ4n) is 2.67. The molecule has 0 saturated heterocycles. The summed E-state index contributed by atoms with van der Waals surface area (Å²) in [6, 6.07) is 6.59. The summed E-state index contributed by atoms with van der Waals surface area (Å²) in [6.45, 7) is 1.89. The maximum absolute atomic E-state index is 12.1. The molecule has 1 amide bonds. The van der Waals surface area contributed by atoms with Crippen molar-refractivity contribution in [2.24, 2.45) is 11.7 Å². The number of carbonyl (C=O) groups excluding carboxylic acids is 1. The molecule has 0 spiro atoms. The first-order chi connectivity index (χ1) is 9.77. The van der Waals surface area contributed by atoms with Crippen molar-refractivity contribution in [2.45, 2.75) is 43.2 Å². The topological polar surface area (TPSA) is 89.3 Å². The monoisotopic (exact) mass is 310 g/mol. The number of nitrogens with two attached hydrogens (primary N) is 1. The molecule has 3 atom stereocenters. The SMILES string of the molecule is CC(NC(=O)C1CCC(N)C1)c1ccc(S(C)(=O)=O)cc1. The molecule has 6 heteroatoms. The van der Waals surface area contributed by atoms with Crippen LogP contribution in [-0.4, -0.2) is 26.6 Å². The van der Waals surface area contributed by atoms with Gasteiger partial charge >= 0.3 is 0 Å². The highest BCUT2D eigenvalue weighted by atomic mass is 32.2. The Kier molecular flexibility index (Phi) is 4.68. The lowest BCUT2D eigenvalue weighted by atomic mass is 10.0. The fourth-order valence-corrected chi connectivity index (χ4v) is 3.30. The second-order valence-corrected chi connectivity index (χ2v) is 7.86. The van der Waals surface area contributed by atoms with Crippen molar-refractivity contribution >= 4 is 15.7 Å². The summed E-state index contributed by atoms with van der Waals surface area (Å²) < 4.78 is 22.8. The summed E-state index contributed by atoms with van der Waals surface area (Å²) >= 11 is 0. The summed E-state index contributed by atoms with van der Waals surface area (Å²) in [5.74, 6) is 0.0281. The molecule has 0 radical (unpaired) electrons. The number of nitrogens with one attached hydrogen (secondary N) is 1. The van der Waals surface area contributed by atoms with E-state index in [0.717, 1.165) is 24.8 Å². The van der Waals surface area contributed by atoms with Gasteiger partial charge in [0.25, 0.3) is 0 Å². The molecule has 3 N–H and O–H groups in total. The molecule has 116 valence electrons. The standard InChI is InChI=1S/C15H22N2O3S/c1-10(17-15(18)12-3-6-13(16)9-12)11-4-7-14(8-5-11)21(2,19)20/h4-5,7-8,10,12-13H,3,6,9,16H2,1-2H3,(H,17,18). The van der Waals surface area contributed by atoms with Crippen molar-refractivity contribution in [1.29, 1.82) is 0 Å². The summed E-state index contributed by atoms with van der Waals surface area (Å²) in [4.78, 5) is 12.4. The van der Waals surface area contributed by atoms with Gasteiger partial charge in [-0.2, -0.15) is 0 Å². The number of amides is 1. The third-order valence-electron chi connectivity index (χ3n) is 4.01. The number of rotatable bonds is 4. The van der Waals surface area contributed by atoms with E-state index < -0.39 is 9.84 Å². The molecule has 1 saturated carbocycles. The number of hydrogen-bond donors (Lipinski definition) is 2. The summed E-state index contributed by atoms with van der Waals surface area (Å²) in [5.41, 5.74) is 6.71. The highest BCUT2D eigenvalue weighted by Gasteiger charge is 2.28. The van der Waals surface area contributed by atoms with Gasteiger partial charge in [0, 0.05) is 18.2 Å². The van der Waals surface area contributed by atoms with Crippen LogP contribution in [0.25, 0.3) is 0 Å². The molecule has 3 unspecified atom stereocenters. The molecule has 0 bridgehead atoms. The second-order valence-electron chi connectivity index (χ2n) is 5.84. The summed E-state index contributed by atoms with van der Waals surface area (Å²) in [6.07, 6.45) is 3.66. The van der Waals surface area contributed by atoms with E-state index in [1.165, 1.54) is 6.26 Å². The van der Waals surface area contributed by atoms with Gasteiger partial charge in [-0.25, -0.2) is 8.42 Å². The van der Waals surface area contributed by atoms with E-state index in [9.17, 15) is 13.2 Å². The molecule has 21 heavy (non-hydrogen) atoms. The van der Waals surface area contributed by atoms with Gasteiger partial charge in [0.2, 0.25) is 5.91 Å². The fraction of sp³-hybridized carbons (Fsp3) is 0.533. The second kappa shape index (κ2) is 6.15. The molecule has 1 aliphatic rings. The van der Waals surface area contributed by atoms with Crippen molar-refractivity contribution in [3.8, 4) is 0 Å². The molecule has 0 heterocycles. The highest BCUT2D eigenvalue weighted by molar-refractivity contribution is 7.90. The van der Waals surface area contributed by atoms with E-state index in [-0.39, 0.29) is 28.8 Å². The molecule has 1 aliphatic carbocycles. The maximum Gasteiger partial charge on any atom is 0.223 e. The zero-order chi connectivity index (χ0) is 15.6. The Labute approximate surface area is 125 Å². The van der Waals surface area contributed by atoms with Crippen LogP contribution in [0, 0.1) is 5.92 Å². The highest BCUT2D eigenvalue weighted by Crippen LogP contribution is 2.25. The van der Waals surface area contributed by atoms with Crippen LogP contribution in [0.5, 0.6) is 0 Å². The van der Waals surface area contributed by atoms with Crippen molar-refractivity contribution < 1.29 is 13.2 Å². The Balaban J connectivity index is 2.00. The van der Waals surface area contributed by atoms with Crippen molar-refractivity contribution in [3.63, 3.8) is 0 Å². The number of hydrogen-bond acceptors (Lipinski definition) is 4. The van der Waals surface area contributed by atoms with Crippen LogP contribution >= 0.6 is 0 Å². The van der Waals surface area contributed by atoms with Crippen LogP contribution in [-0.2, 0) is 14.6 Å². The molecule has 5 nitrogen and oxygen atoms in total. The lowest BCUT2D eigenvalue weighted by Crippen LogP contribution is -2.32. The van der Waals surface area contributed by atoms with Crippen molar-refractivity contribution in [3.05, 3.63) is 29.8 Å². The Hall–Kier alpha value is -1.40. The molecular formula is C15H22N2O3S. The Bertz CT molecular complexity index is 610. The minimum Gasteiger partial charge on any atom is -0.349 e. The van der Waals surface area contributed by atoms with E-state index in [4.69, 9.17) is 5.73 Å².